The second kappa shape index (κ2) is 9.91. The van der Waals surface area contributed by atoms with Gasteiger partial charge in [-0.05, 0) is 56.9 Å². The van der Waals surface area contributed by atoms with Crippen molar-refractivity contribution in [2.75, 3.05) is 25.1 Å². The highest BCUT2D eigenvalue weighted by Crippen LogP contribution is 2.24. The molecule has 8 nitrogen and oxygen atoms in total. The Hall–Kier alpha value is -2.61. The molecule has 3 amide bonds. The van der Waals surface area contributed by atoms with Crippen LogP contribution in [0.5, 0.6) is 0 Å². The maximum Gasteiger partial charge on any atom is 0.319 e. The molecule has 148 valence electrons. The number of aliphatic carboxylic acids is 1. The molecule has 0 spiro atoms. The minimum absolute atomic E-state index is 0.00240. The summed E-state index contributed by atoms with van der Waals surface area (Å²) >= 11 is 0. The average molecular weight is 377 g/mol. The lowest BCUT2D eigenvalue weighted by atomic mass is 9.86. The number of benzene rings is 1. The summed E-state index contributed by atoms with van der Waals surface area (Å²) in [5, 5.41) is 17.5. The summed E-state index contributed by atoms with van der Waals surface area (Å²) in [6.07, 6.45) is 1.37. The largest absolute Gasteiger partial charge is 0.481 e. The minimum Gasteiger partial charge on any atom is -0.481 e. The number of hydrogen-bond acceptors (Lipinski definition) is 4. The third-order valence-corrected chi connectivity index (χ3v) is 4.46. The number of rotatable bonds is 7. The number of nitrogens with one attached hydrogen (secondary N) is 3. The Balaban J connectivity index is 1.89. The number of carboxylic acids is 1. The van der Waals surface area contributed by atoms with Crippen LogP contribution in [0.25, 0.3) is 0 Å². The highest BCUT2D eigenvalue weighted by Gasteiger charge is 2.30. The molecule has 4 N–H and O–H groups in total. The van der Waals surface area contributed by atoms with Gasteiger partial charge in [0.25, 0.3) is 5.91 Å². The molecule has 1 aliphatic rings. The first-order valence-electron chi connectivity index (χ1n) is 9.13. The second-order valence-electron chi connectivity index (χ2n) is 6.94. The average Bonchev–Trinajstić information content (AvgIpc) is 2.62. The molecule has 1 saturated heterocycles. The van der Waals surface area contributed by atoms with Crippen LogP contribution in [0, 0.1) is 11.8 Å². The fraction of sp³-hybridized carbons (Fsp3) is 0.526. The Labute approximate surface area is 158 Å². The van der Waals surface area contributed by atoms with E-state index in [1.165, 1.54) is 0 Å². The third-order valence-electron chi connectivity index (χ3n) is 4.46. The van der Waals surface area contributed by atoms with Crippen molar-refractivity contribution in [2.45, 2.75) is 32.7 Å². The lowest BCUT2D eigenvalue weighted by Crippen LogP contribution is -2.39. The van der Waals surface area contributed by atoms with E-state index in [9.17, 15) is 19.5 Å². The molecule has 1 heterocycles. The smallest absolute Gasteiger partial charge is 0.319 e. The van der Waals surface area contributed by atoms with Crippen LogP contribution in [0.4, 0.5) is 10.5 Å². The number of carboxylic acid groups (broad SMARTS) is 1. The topological polar surface area (TPSA) is 117 Å². The fourth-order valence-electron chi connectivity index (χ4n) is 3.01. The molecule has 1 aromatic carbocycles. The number of carbonyl (C=O) groups excluding carboxylic acids is 2. The number of carbonyl (C=O) groups is 3. The highest BCUT2D eigenvalue weighted by molar-refractivity contribution is 5.95. The van der Waals surface area contributed by atoms with Crippen LogP contribution in [0.2, 0.25) is 0 Å². The number of ether oxygens (including phenoxy) is 1. The van der Waals surface area contributed by atoms with Crippen molar-refractivity contribution in [1.82, 2.24) is 10.6 Å². The van der Waals surface area contributed by atoms with Crippen molar-refractivity contribution < 1.29 is 24.2 Å². The Morgan fingerprint density at radius 3 is 2.33 bits per heavy atom. The summed E-state index contributed by atoms with van der Waals surface area (Å²) in [6.45, 7) is 4.91. The lowest BCUT2D eigenvalue weighted by Gasteiger charge is -2.27. The van der Waals surface area contributed by atoms with Gasteiger partial charge in [-0.25, -0.2) is 4.79 Å². The lowest BCUT2D eigenvalue weighted by molar-refractivity contribution is -0.144. The van der Waals surface area contributed by atoms with Gasteiger partial charge in [0.1, 0.15) is 0 Å². The van der Waals surface area contributed by atoms with Crippen molar-refractivity contribution in [1.29, 1.82) is 0 Å². The summed E-state index contributed by atoms with van der Waals surface area (Å²) in [6, 6.07) is 6.13. The molecule has 0 aromatic heterocycles. The van der Waals surface area contributed by atoms with Gasteiger partial charge in [0.05, 0.1) is 5.92 Å². The first-order chi connectivity index (χ1) is 12.9. The maximum absolute atomic E-state index is 12.3. The molecule has 1 aliphatic heterocycles. The molecule has 0 aliphatic carbocycles. The molecule has 0 radical (unpaired) electrons. The molecule has 1 atom stereocenters. The normalized spacial score (nSPS) is 15.8. The van der Waals surface area contributed by atoms with Crippen molar-refractivity contribution in [2.24, 2.45) is 11.8 Å². The number of urea groups is 1. The summed E-state index contributed by atoms with van der Waals surface area (Å²) < 4.78 is 5.27. The third kappa shape index (κ3) is 6.56. The molecule has 27 heavy (non-hydrogen) atoms. The van der Waals surface area contributed by atoms with E-state index in [0.29, 0.717) is 37.3 Å². The monoisotopic (exact) mass is 377 g/mol. The molecule has 0 bridgehead atoms. The number of amides is 3. The molecule has 1 unspecified atom stereocenters. The molecular formula is C19H27N3O5. The van der Waals surface area contributed by atoms with Crippen LogP contribution < -0.4 is 16.0 Å². The van der Waals surface area contributed by atoms with Gasteiger partial charge in [-0.1, -0.05) is 0 Å². The van der Waals surface area contributed by atoms with Gasteiger partial charge < -0.3 is 25.8 Å². The van der Waals surface area contributed by atoms with Gasteiger partial charge in [0.2, 0.25) is 0 Å². The van der Waals surface area contributed by atoms with Crippen molar-refractivity contribution in [3.8, 4) is 0 Å². The van der Waals surface area contributed by atoms with E-state index in [-0.39, 0.29) is 30.4 Å². The van der Waals surface area contributed by atoms with Crippen LogP contribution >= 0.6 is 0 Å². The van der Waals surface area contributed by atoms with Crippen LogP contribution in [0.15, 0.2) is 24.3 Å². The molecular weight excluding hydrogens is 350 g/mol. The van der Waals surface area contributed by atoms with Crippen LogP contribution in [-0.4, -0.2) is 48.8 Å². The second-order valence-corrected chi connectivity index (χ2v) is 6.94. The zero-order valence-electron chi connectivity index (χ0n) is 15.7. The zero-order valence-corrected chi connectivity index (χ0v) is 15.7. The van der Waals surface area contributed by atoms with E-state index in [1.807, 2.05) is 13.8 Å². The number of anilines is 1. The molecule has 0 saturated carbocycles. The molecule has 1 fully saturated rings. The van der Waals surface area contributed by atoms with Gasteiger partial charge in [-0.2, -0.15) is 0 Å². The van der Waals surface area contributed by atoms with E-state index in [4.69, 9.17) is 4.74 Å². The first-order valence-corrected chi connectivity index (χ1v) is 9.13. The van der Waals surface area contributed by atoms with Gasteiger partial charge in [0, 0.05) is 37.1 Å². The van der Waals surface area contributed by atoms with E-state index >= 15 is 0 Å². The summed E-state index contributed by atoms with van der Waals surface area (Å²) in [5.41, 5.74) is 0.969. The van der Waals surface area contributed by atoms with Gasteiger partial charge in [-0.15, -0.1) is 0 Å². The minimum atomic E-state index is -0.905. The van der Waals surface area contributed by atoms with E-state index < -0.39 is 11.9 Å². The molecule has 8 heteroatoms. The van der Waals surface area contributed by atoms with E-state index in [0.717, 1.165) is 0 Å². The molecule has 2 rings (SSSR count). The van der Waals surface area contributed by atoms with Crippen molar-refractivity contribution >= 4 is 23.6 Å². The quantitative estimate of drug-likeness (QED) is 0.580. The predicted molar refractivity (Wildman–Crippen MR) is 101 cm³/mol. The Bertz CT molecular complexity index is 654. The van der Waals surface area contributed by atoms with Crippen LogP contribution in [0.3, 0.4) is 0 Å². The fourth-order valence-corrected chi connectivity index (χ4v) is 3.01. The highest BCUT2D eigenvalue weighted by atomic mass is 16.5. The maximum atomic E-state index is 12.3. The summed E-state index contributed by atoms with van der Waals surface area (Å²) in [7, 11) is 0. The van der Waals surface area contributed by atoms with E-state index in [2.05, 4.69) is 16.0 Å². The van der Waals surface area contributed by atoms with Crippen LogP contribution in [0.1, 0.15) is 37.0 Å². The standard InChI is InChI=1S/C19H27N3O5/c1-12(2)21-19(26)22-15-5-3-14(4-6-15)17(23)20-11-16(18(24)25)13-7-9-27-10-8-13/h3-6,12-13,16H,7-11H2,1-2H3,(H,20,23)(H,24,25)(H2,21,22,26). The summed E-state index contributed by atoms with van der Waals surface area (Å²) in [4.78, 5) is 35.5. The van der Waals surface area contributed by atoms with E-state index in [1.54, 1.807) is 24.3 Å². The van der Waals surface area contributed by atoms with Gasteiger partial charge in [-0.3, -0.25) is 9.59 Å². The SMILES string of the molecule is CC(C)NC(=O)Nc1ccc(C(=O)NCC(C(=O)O)C2CCOCC2)cc1. The van der Waals surface area contributed by atoms with Gasteiger partial charge in [0.15, 0.2) is 0 Å². The Morgan fingerprint density at radius 2 is 1.78 bits per heavy atom. The first kappa shape index (κ1) is 20.7. The van der Waals surface area contributed by atoms with Crippen LogP contribution in [-0.2, 0) is 9.53 Å². The Kier molecular flexibility index (Phi) is 7.60. The predicted octanol–water partition coefficient (Wildman–Crippen LogP) is 2.07. The number of hydrogen-bond donors (Lipinski definition) is 4. The Morgan fingerprint density at radius 1 is 1.15 bits per heavy atom. The van der Waals surface area contributed by atoms with Crippen molar-refractivity contribution in [3.05, 3.63) is 29.8 Å². The zero-order chi connectivity index (χ0) is 19.8. The summed E-state index contributed by atoms with van der Waals surface area (Å²) in [5.74, 6) is -1.87. The van der Waals surface area contributed by atoms with Gasteiger partial charge >= 0.3 is 12.0 Å². The molecule has 1 aromatic rings. The van der Waals surface area contributed by atoms with Crippen molar-refractivity contribution in [3.63, 3.8) is 0 Å².